The van der Waals surface area contributed by atoms with Gasteiger partial charge in [-0.3, -0.25) is 0 Å². The van der Waals surface area contributed by atoms with Gasteiger partial charge in [-0.15, -0.1) is 0 Å². The lowest BCUT2D eigenvalue weighted by Gasteiger charge is -2.13. The molecule has 0 bridgehead atoms. The van der Waals surface area contributed by atoms with Gasteiger partial charge in [-0.2, -0.15) is 5.26 Å². The summed E-state index contributed by atoms with van der Waals surface area (Å²) in [5.41, 5.74) is 6.24. The van der Waals surface area contributed by atoms with Gasteiger partial charge in [0.15, 0.2) is 5.69 Å². The molecule has 0 spiro atoms. The van der Waals surface area contributed by atoms with E-state index in [1.54, 1.807) is 18.4 Å². The van der Waals surface area contributed by atoms with E-state index in [2.05, 4.69) is 10.3 Å². The van der Waals surface area contributed by atoms with Gasteiger partial charge < -0.3 is 15.5 Å². The number of nitrogen functional groups attached to an aromatic ring is 1. The molecule has 0 radical (unpaired) electrons. The molecule has 1 atom stereocenters. The first-order chi connectivity index (χ1) is 8.69. The standard InChI is InChI=1S/C13H14N4O/c1-9(7-10-3-2-6-18-10)16-13-5-4-11(15)12(8-14)17-13/h2-6,9H,7,15H2,1H3,(H,16,17). The first-order valence-electron chi connectivity index (χ1n) is 5.64. The molecule has 0 amide bonds. The number of hydrogen-bond donors (Lipinski definition) is 2. The molecule has 2 aromatic heterocycles. The van der Waals surface area contributed by atoms with E-state index in [9.17, 15) is 0 Å². The van der Waals surface area contributed by atoms with Crippen LogP contribution in [0.2, 0.25) is 0 Å². The molecule has 0 aliphatic rings. The number of aromatic nitrogens is 1. The number of anilines is 2. The Balaban J connectivity index is 2.03. The maximum absolute atomic E-state index is 8.85. The van der Waals surface area contributed by atoms with Crippen molar-refractivity contribution in [1.29, 1.82) is 5.26 Å². The molecule has 0 saturated heterocycles. The van der Waals surface area contributed by atoms with Gasteiger partial charge in [0.25, 0.3) is 0 Å². The molecule has 5 heteroatoms. The minimum Gasteiger partial charge on any atom is -0.469 e. The van der Waals surface area contributed by atoms with Crippen LogP contribution in [0.3, 0.4) is 0 Å². The molecule has 0 aliphatic heterocycles. The van der Waals surface area contributed by atoms with Gasteiger partial charge >= 0.3 is 0 Å². The van der Waals surface area contributed by atoms with Gasteiger partial charge in [-0.05, 0) is 31.2 Å². The fourth-order valence-electron chi connectivity index (χ4n) is 1.67. The van der Waals surface area contributed by atoms with E-state index in [-0.39, 0.29) is 11.7 Å². The first kappa shape index (κ1) is 12.0. The third kappa shape index (κ3) is 2.80. The molecule has 3 N–H and O–H groups in total. The fourth-order valence-corrected chi connectivity index (χ4v) is 1.67. The van der Waals surface area contributed by atoms with Crippen LogP contribution in [0.15, 0.2) is 34.9 Å². The van der Waals surface area contributed by atoms with Crippen molar-refractivity contribution < 1.29 is 4.42 Å². The number of furan rings is 1. The Bertz CT molecular complexity index is 557. The Labute approximate surface area is 105 Å². The summed E-state index contributed by atoms with van der Waals surface area (Å²) in [6, 6.07) is 9.33. The van der Waals surface area contributed by atoms with Crippen molar-refractivity contribution in [2.24, 2.45) is 0 Å². The molecule has 18 heavy (non-hydrogen) atoms. The maximum atomic E-state index is 8.85. The summed E-state index contributed by atoms with van der Waals surface area (Å²) >= 11 is 0. The molecule has 0 saturated carbocycles. The van der Waals surface area contributed by atoms with Crippen LogP contribution >= 0.6 is 0 Å². The molecule has 92 valence electrons. The van der Waals surface area contributed by atoms with Crippen molar-refractivity contribution >= 4 is 11.5 Å². The van der Waals surface area contributed by atoms with E-state index >= 15 is 0 Å². The number of nitrogens with zero attached hydrogens (tertiary/aromatic N) is 2. The highest BCUT2D eigenvalue weighted by Gasteiger charge is 2.08. The molecule has 2 aromatic rings. The van der Waals surface area contributed by atoms with Gasteiger partial charge in [-0.25, -0.2) is 4.98 Å². The average molecular weight is 242 g/mol. The quantitative estimate of drug-likeness (QED) is 0.857. The van der Waals surface area contributed by atoms with Crippen molar-refractivity contribution in [2.75, 3.05) is 11.1 Å². The van der Waals surface area contributed by atoms with Crippen molar-refractivity contribution in [2.45, 2.75) is 19.4 Å². The van der Waals surface area contributed by atoms with E-state index in [1.807, 2.05) is 25.1 Å². The van der Waals surface area contributed by atoms with Crippen LogP contribution in [0.5, 0.6) is 0 Å². The highest BCUT2D eigenvalue weighted by atomic mass is 16.3. The predicted octanol–water partition coefficient (Wildman–Crippen LogP) is 2.17. The molecular weight excluding hydrogens is 228 g/mol. The lowest BCUT2D eigenvalue weighted by molar-refractivity contribution is 0.497. The summed E-state index contributed by atoms with van der Waals surface area (Å²) in [5, 5.41) is 12.1. The Morgan fingerprint density at radius 1 is 1.50 bits per heavy atom. The minimum absolute atomic E-state index is 0.152. The third-order valence-electron chi connectivity index (χ3n) is 2.51. The minimum atomic E-state index is 0.152. The SMILES string of the molecule is CC(Cc1ccco1)Nc1ccc(N)c(C#N)n1. The van der Waals surface area contributed by atoms with E-state index in [4.69, 9.17) is 15.4 Å². The first-order valence-corrected chi connectivity index (χ1v) is 5.64. The molecule has 2 heterocycles. The summed E-state index contributed by atoms with van der Waals surface area (Å²) in [6.45, 7) is 2.02. The van der Waals surface area contributed by atoms with Crippen LogP contribution in [0.25, 0.3) is 0 Å². The van der Waals surface area contributed by atoms with Crippen molar-refractivity contribution in [3.63, 3.8) is 0 Å². The number of nitriles is 1. The van der Waals surface area contributed by atoms with Gasteiger partial charge in [0.05, 0.1) is 12.0 Å². The summed E-state index contributed by atoms with van der Waals surface area (Å²) in [5.74, 6) is 1.55. The van der Waals surface area contributed by atoms with Crippen LogP contribution in [-0.2, 0) is 6.42 Å². The van der Waals surface area contributed by atoms with Crippen molar-refractivity contribution in [3.05, 3.63) is 42.0 Å². The Morgan fingerprint density at radius 3 is 3.00 bits per heavy atom. The number of nitrogens with one attached hydrogen (secondary N) is 1. The zero-order chi connectivity index (χ0) is 13.0. The molecule has 1 unspecified atom stereocenters. The maximum Gasteiger partial charge on any atom is 0.165 e. The van der Waals surface area contributed by atoms with Gasteiger partial charge in [0.1, 0.15) is 17.6 Å². The highest BCUT2D eigenvalue weighted by molar-refractivity contribution is 5.54. The molecule has 5 nitrogen and oxygen atoms in total. The van der Waals surface area contributed by atoms with Crippen LogP contribution in [-0.4, -0.2) is 11.0 Å². The molecule has 0 aliphatic carbocycles. The monoisotopic (exact) mass is 242 g/mol. The van der Waals surface area contributed by atoms with Crippen LogP contribution in [0.4, 0.5) is 11.5 Å². The van der Waals surface area contributed by atoms with Gasteiger partial charge in [-0.1, -0.05) is 0 Å². The van der Waals surface area contributed by atoms with Crippen LogP contribution in [0, 0.1) is 11.3 Å². The van der Waals surface area contributed by atoms with Crippen LogP contribution < -0.4 is 11.1 Å². The smallest absolute Gasteiger partial charge is 0.165 e. The molecule has 0 aromatic carbocycles. The van der Waals surface area contributed by atoms with Gasteiger partial charge in [0, 0.05) is 12.5 Å². The van der Waals surface area contributed by atoms with Crippen molar-refractivity contribution in [3.8, 4) is 6.07 Å². The molecule has 0 fully saturated rings. The zero-order valence-electron chi connectivity index (χ0n) is 10.1. The number of nitrogens with two attached hydrogens (primary N) is 1. The van der Waals surface area contributed by atoms with Gasteiger partial charge in [0.2, 0.25) is 0 Å². The number of rotatable bonds is 4. The van der Waals surface area contributed by atoms with E-state index in [0.29, 0.717) is 11.5 Å². The number of pyridine rings is 1. The summed E-state index contributed by atoms with van der Waals surface area (Å²) in [7, 11) is 0. The fraction of sp³-hybridized carbons (Fsp3) is 0.231. The zero-order valence-corrected chi connectivity index (χ0v) is 10.1. The second-order valence-electron chi connectivity index (χ2n) is 4.08. The molecule has 2 rings (SSSR count). The average Bonchev–Trinajstić information content (AvgIpc) is 2.84. The Morgan fingerprint density at radius 2 is 2.33 bits per heavy atom. The van der Waals surface area contributed by atoms with Crippen LogP contribution in [0.1, 0.15) is 18.4 Å². The van der Waals surface area contributed by atoms with E-state index in [0.717, 1.165) is 12.2 Å². The Hall–Kier alpha value is -2.48. The normalized spacial score (nSPS) is 11.8. The summed E-state index contributed by atoms with van der Waals surface area (Å²) in [4.78, 5) is 4.13. The molecular formula is C13H14N4O. The number of hydrogen-bond acceptors (Lipinski definition) is 5. The highest BCUT2D eigenvalue weighted by Crippen LogP contribution is 2.14. The van der Waals surface area contributed by atoms with E-state index in [1.165, 1.54) is 0 Å². The van der Waals surface area contributed by atoms with Crippen molar-refractivity contribution in [1.82, 2.24) is 4.98 Å². The lowest BCUT2D eigenvalue weighted by Crippen LogP contribution is -2.18. The topological polar surface area (TPSA) is 87.9 Å². The lowest BCUT2D eigenvalue weighted by atomic mass is 10.2. The second-order valence-corrected chi connectivity index (χ2v) is 4.08. The predicted molar refractivity (Wildman–Crippen MR) is 68.9 cm³/mol. The summed E-state index contributed by atoms with van der Waals surface area (Å²) < 4.78 is 5.27. The largest absolute Gasteiger partial charge is 0.469 e. The summed E-state index contributed by atoms with van der Waals surface area (Å²) in [6.07, 6.45) is 2.40. The van der Waals surface area contributed by atoms with E-state index < -0.39 is 0 Å². The Kier molecular flexibility index (Phi) is 3.49. The third-order valence-corrected chi connectivity index (χ3v) is 2.51. The second kappa shape index (κ2) is 5.23.